The fourth-order valence-corrected chi connectivity index (χ4v) is 2.42. The number of hydrogen-bond donors (Lipinski definition) is 0. The summed E-state index contributed by atoms with van der Waals surface area (Å²) in [5, 5.41) is 0.891. The van der Waals surface area contributed by atoms with Crippen LogP contribution in [0.2, 0.25) is 10.0 Å². The van der Waals surface area contributed by atoms with E-state index in [0.29, 0.717) is 21.2 Å². The van der Waals surface area contributed by atoms with Crippen LogP contribution in [0.25, 0.3) is 11.1 Å². The Labute approximate surface area is 127 Å². The maximum absolute atomic E-state index is 11.5. The average molecular weight is 307 g/mol. The summed E-state index contributed by atoms with van der Waals surface area (Å²) in [5.74, 6) is -0.167. The van der Waals surface area contributed by atoms with Crippen molar-refractivity contribution in [2.75, 3.05) is 0 Å². The zero-order chi connectivity index (χ0) is 14.9. The minimum absolute atomic E-state index is 0.0606. The molecule has 0 spiro atoms. The lowest BCUT2D eigenvalue weighted by atomic mass is 9.99. The van der Waals surface area contributed by atoms with E-state index in [9.17, 15) is 9.59 Å². The lowest BCUT2D eigenvalue weighted by Gasteiger charge is -2.08. The lowest BCUT2D eigenvalue weighted by Crippen LogP contribution is -1.95. The normalized spacial score (nSPS) is 10.4. The summed E-state index contributed by atoms with van der Waals surface area (Å²) in [4.78, 5) is 23.0. The zero-order valence-corrected chi connectivity index (χ0v) is 12.5. The molecule has 0 unspecified atom stereocenters. The molecule has 0 fully saturated rings. The Hall–Kier alpha value is -1.64. The quantitative estimate of drug-likeness (QED) is 0.742. The summed E-state index contributed by atoms with van der Waals surface area (Å²) >= 11 is 12.0. The van der Waals surface area contributed by atoms with Crippen molar-refractivity contribution in [3.63, 3.8) is 0 Å². The van der Waals surface area contributed by atoms with E-state index in [1.54, 1.807) is 36.4 Å². The van der Waals surface area contributed by atoms with Crippen LogP contribution >= 0.6 is 23.2 Å². The number of halogens is 2. The first-order valence-electron chi connectivity index (χ1n) is 6.01. The number of rotatable bonds is 3. The SMILES string of the molecule is CC(=O)c1cc(Cl)cc(-c2ccc(Cl)c(C(C)=O)c2)c1. The number of carbonyl (C=O) groups is 2. The maximum atomic E-state index is 11.5. The summed E-state index contributed by atoms with van der Waals surface area (Å²) in [6, 6.07) is 10.3. The highest BCUT2D eigenvalue weighted by molar-refractivity contribution is 6.34. The van der Waals surface area contributed by atoms with Crippen LogP contribution in [-0.4, -0.2) is 11.6 Å². The number of Topliss-reactive ketones (excluding diaryl/α,β-unsaturated/α-hetero) is 2. The van der Waals surface area contributed by atoms with Crippen LogP contribution in [0.4, 0.5) is 0 Å². The molecule has 2 aromatic rings. The molecule has 0 amide bonds. The fraction of sp³-hybridized carbons (Fsp3) is 0.125. The monoisotopic (exact) mass is 306 g/mol. The molecule has 2 aromatic carbocycles. The summed E-state index contributed by atoms with van der Waals surface area (Å²) in [5.41, 5.74) is 2.56. The summed E-state index contributed by atoms with van der Waals surface area (Å²) in [7, 11) is 0. The highest BCUT2D eigenvalue weighted by Gasteiger charge is 2.10. The van der Waals surface area contributed by atoms with Gasteiger partial charge in [0.05, 0.1) is 5.02 Å². The van der Waals surface area contributed by atoms with E-state index < -0.39 is 0 Å². The fourth-order valence-electron chi connectivity index (χ4n) is 1.93. The van der Waals surface area contributed by atoms with Crippen molar-refractivity contribution < 1.29 is 9.59 Å². The van der Waals surface area contributed by atoms with Gasteiger partial charge in [0, 0.05) is 16.1 Å². The molecule has 0 heterocycles. The molecule has 0 saturated heterocycles. The van der Waals surface area contributed by atoms with Gasteiger partial charge in [-0.2, -0.15) is 0 Å². The van der Waals surface area contributed by atoms with Crippen molar-refractivity contribution in [2.45, 2.75) is 13.8 Å². The van der Waals surface area contributed by atoms with Crippen molar-refractivity contribution in [1.29, 1.82) is 0 Å². The predicted octanol–water partition coefficient (Wildman–Crippen LogP) is 5.07. The van der Waals surface area contributed by atoms with Gasteiger partial charge in [-0.1, -0.05) is 29.3 Å². The molecule has 0 aliphatic rings. The van der Waals surface area contributed by atoms with Crippen LogP contribution in [0.3, 0.4) is 0 Å². The Balaban J connectivity index is 2.59. The molecule has 2 nitrogen and oxygen atoms in total. The third-order valence-corrected chi connectivity index (χ3v) is 3.53. The van der Waals surface area contributed by atoms with Crippen LogP contribution in [-0.2, 0) is 0 Å². The Kier molecular flexibility index (Phi) is 4.26. The lowest BCUT2D eigenvalue weighted by molar-refractivity contribution is 0.100. The molecule has 20 heavy (non-hydrogen) atoms. The van der Waals surface area contributed by atoms with Crippen molar-refractivity contribution in [1.82, 2.24) is 0 Å². The van der Waals surface area contributed by atoms with Crippen molar-refractivity contribution in [3.8, 4) is 11.1 Å². The maximum Gasteiger partial charge on any atom is 0.161 e. The van der Waals surface area contributed by atoms with Crippen LogP contribution in [0, 0.1) is 0 Å². The zero-order valence-electron chi connectivity index (χ0n) is 11.0. The molecule has 0 N–H and O–H groups in total. The van der Waals surface area contributed by atoms with E-state index in [1.165, 1.54) is 13.8 Å². The van der Waals surface area contributed by atoms with Gasteiger partial charge < -0.3 is 0 Å². The van der Waals surface area contributed by atoms with Gasteiger partial charge >= 0.3 is 0 Å². The first-order chi connectivity index (χ1) is 9.38. The third-order valence-electron chi connectivity index (χ3n) is 2.98. The van der Waals surface area contributed by atoms with Gasteiger partial charge in [-0.25, -0.2) is 0 Å². The molecule has 0 aliphatic heterocycles. The third kappa shape index (κ3) is 3.09. The second-order valence-electron chi connectivity index (χ2n) is 4.54. The molecule has 0 saturated carbocycles. The number of carbonyl (C=O) groups excluding carboxylic acids is 2. The average Bonchev–Trinajstić information content (AvgIpc) is 2.38. The second-order valence-corrected chi connectivity index (χ2v) is 5.38. The van der Waals surface area contributed by atoms with Crippen molar-refractivity contribution in [3.05, 3.63) is 57.6 Å². The molecule has 4 heteroatoms. The van der Waals surface area contributed by atoms with E-state index in [4.69, 9.17) is 23.2 Å². The smallest absolute Gasteiger partial charge is 0.161 e. The summed E-state index contributed by atoms with van der Waals surface area (Å²) in [6.45, 7) is 2.95. The molecular weight excluding hydrogens is 295 g/mol. The van der Waals surface area contributed by atoms with Crippen molar-refractivity contribution in [2.24, 2.45) is 0 Å². The number of benzene rings is 2. The van der Waals surface area contributed by atoms with Gasteiger partial charge in [0.1, 0.15) is 0 Å². The minimum Gasteiger partial charge on any atom is -0.295 e. The first-order valence-corrected chi connectivity index (χ1v) is 6.76. The molecule has 0 bridgehead atoms. The Morgan fingerprint density at radius 2 is 1.55 bits per heavy atom. The van der Waals surface area contributed by atoms with Crippen LogP contribution in [0.1, 0.15) is 34.6 Å². The van der Waals surface area contributed by atoms with Crippen LogP contribution < -0.4 is 0 Å². The number of hydrogen-bond acceptors (Lipinski definition) is 2. The topological polar surface area (TPSA) is 34.1 Å². The molecule has 0 aromatic heterocycles. The van der Waals surface area contributed by atoms with Gasteiger partial charge in [-0.3, -0.25) is 9.59 Å². The Bertz CT molecular complexity index is 706. The first kappa shape index (κ1) is 14.8. The standard InChI is InChI=1S/C16H12Cl2O2/c1-9(19)12-5-13(7-14(17)6-12)11-3-4-16(18)15(8-11)10(2)20/h3-8H,1-2H3. The van der Waals surface area contributed by atoms with Crippen LogP contribution in [0.15, 0.2) is 36.4 Å². The highest BCUT2D eigenvalue weighted by atomic mass is 35.5. The van der Waals surface area contributed by atoms with E-state index >= 15 is 0 Å². The van der Waals surface area contributed by atoms with E-state index in [1.807, 2.05) is 0 Å². The molecule has 2 rings (SSSR count). The molecule has 0 aliphatic carbocycles. The van der Waals surface area contributed by atoms with Gasteiger partial charge in [-0.15, -0.1) is 0 Å². The van der Waals surface area contributed by atoms with Crippen LogP contribution in [0.5, 0.6) is 0 Å². The van der Waals surface area contributed by atoms with Crippen molar-refractivity contribution >= 4 is 34.8 Å². The highest BCUT2D eigenvalue weighted by Crippen LogP contribution is 2.28. The van der Waals surface area contributed by atoms with Gasteiger partial charge in [0.15, 0.2) is 11.6 Å². The van der Waals surface area contributed by atoms with E-state index in [0.717, 1.165) is 11.1 Å². The summed E-state index contributed by atoms with van der Waals surface area (Å²) < 4.78 is 0. The van der Waals surface area contributed by atoms with Gasteiger partial charge in [-0.05, 0) is 55.3 Å². The predicted molar refractivity (Wildman–Crippen MR) is 81.9 cm³/mol. The largest absolute Gasteiger partial charge is 0.295 e. The second kappa shape index (κ2) is 5.78. The van der Waals surface area contributed by atoms with Gasteiger partial charge in [0.2, 0.25) is 0 Å². The van der Waals surface area contributed by atoms with E-state index in [-0.39, 0.29) is 11.6 Å². The Morgan fingerprint density at radius 3 is 2.15 bits per heavy atom. The minimum atomic E-state index is -0.106. The summed E-state index contributed by atoms with van der Waals surface area (Å²) in [6.07, 6.45) is 0. The molecule has 0 radical (unpaired) electrons. The molecule has 102 valence electrons. The molecule has 0 atom stereocenters. The molecular formula is C16H12Cl2O2. The number of ketones is 2. The Morgan fingerprint density at radius 1 is 0.850 bits per heavy atom. The van der Waals surface area contributed by atoms with Gasteiger partial charge in [0.25, 0.3) is 0 Å². The van der Waals surface area contributed by atoms with E-state index in [2.05, 4.69) is 0 Å².